The maximum Gasteiger partial charge on any atom is 0.270 e. The Bertz CT molecular complexity index is 1250. The Balaban J connectivity index is 0.00000190. The summed E-state index contributed by atoms with van der Waals surface area (Å²) in [4.78, 5) is 27.8. The lowest BCUT2D eigenvalue weighted by molar-refractivity contribution is 0.0257. The summed E-state index contributed by atoms with van der Waals surface area (Å²) in [5, 5.41) is 14.0. The van der Waals surface area contributed by atoms with Crippen LogP contribution in [-0.2, 0) is 13.1 Å². The largest absolute Gasteiger partial charge is 0.486 e. The molecule has 2 aliphatic heterocycles. The van der Waals surface area contributed by atoms with E-state index in [2.05, 4.69) is 25.2 Å². The zero-order valence-electron chi connectivity index (χ0n) is 20.5. The standard InChI is InChI=1S/C24H30N6O5.2ClH/c1-33-22-3-2-18-24(28-22)30(23(32)14-27-18)7-6-29-5-4-19(31)16(15-29)11-25-12-17-10-20-21(13-26-17)35-9-8-34-20;;/h2-3,10,13-14,16,19,25,31H,4-9,11-12,15H2,1H3;2*1H/t16-,19-;;/m1../s1. The van der Waals surface area contributed by atoms with E-state index in [9.17, 15) is 9.90 Å². The molecule has 5 heterocycles. The SMILES string of the molecule is COc1ccc2ncc(=O)n(CCN3CC[C@@H](O)[C@H](CNCc4cc5c(cn4)OCCO5)C3)c2n1.Cl.Cl. The summed E-state index contributed by atoms with van der Waals surface area (Å²) in [6, 6.07) is 5.42. The van der Waals surface area contributed by atoms with E-state index >= 15 is 0 Å². The zero-order chi connectivity index (χ0) is 24.2. The number of hydrogen-bond donors (Lipinski definition) is 2. The zero-order valence-corrected chi connectivity index (χ0v) is 22.2. The number of hydrogen-bond acceptors (Lipinski definition) is 10. The quantitative estimate of drug-likeness (QED) is 0.420. The predicted octanol–water partition coefficient (Wildman–Crippen LogP) is 1.28. The molecule has 37 heavy (non-hydrogen) atoms. The second-order valence-corrected chi connectivity index (χ2v) is 8.81. The Morgan fingerprint density at radius 2 is 1.95 bits per heavy atom. The second-order valence-electron chi connectivity index (χ2n) is 8.81. The number of nitrogens with zero attached hydrogens (tertiary/aromatic N) is 5. The van der Waals surface area contributed by atoms with Gasteiger partial charge in [-0.15, -0.1) is 24.8 Å². The highest BCUT2D eigenvalue weighted by Gasteiger charge is 2.27. The first-order valence-corrected chi connectivity index (χ1v) is 11.9. The van der Waals surface area contributed by atoms with E-state index in [1.54, 1.807) is 30.0 Å². The van der Waals surface area contributed by atoms with E-state index < -0.39 is 0 Å². The summed E-state index contributed by atoms with van der Waals surface area (Å²) in [5.74, 6) is 1.91. The third kappa shape index (κ3) is 6.79. The van der Waals surface area contributed by atoms with Gasteiger partial charge in [0.2, 0.25) is 5.88 Å². The molecule has 0 aliphatic carbocycles. The number of ether oxygens (including phenoxy) is 3. The van der Waals surface area contributed by atoms with E-state index in [4.69, 9.17) is 14.2 Å². The molecule has 1 fully saturated rings. The van der Waals surface area contributed by atoms with Gasteiger partial charge in [0.15, 0.2) is 17.1 Å². The molecule has 0 radical (unpaired) electrons. The van der Waals surface area contributed by atoms with Gasteiger partial charge in [-0.1, -0.05) is 0 Å². The Hall–Kier alpha value is -2.70. The van der Waals surface area contributed by atoms with Crippen LogP contribution in [0.5, 0.6) is 17.4 Å². The van der Waals surface area contributed by atoms with Crippen LogP contribution in [0.25, 0.3) is 11.2 Å². The number of halogens is 2. The molecule has 3 aromatic heterocycles. The van der Waals surface area contributed by atoms with Crippen LogP contribution in [0.2, 0.25) is 0 Å². The molecule has 5 rings (SSSR count). The highest BCUT2D eigenvalue weighted by molar-refractivity contribution is 5.85. The highest BCUT2D eigenvalue weighted by Crippen LogP contribution is 2.29. The number of aromatic nitrogens is 4. The Morgan fingerprint density at radius 1 is 1.14 bits per heavy atom. The van der Waals surface area contributed by atoms with Crippen LogP contribution in [-0.4, -0.2) is 82.1 Å². The van der Waals surface area contributed by atoms with Gasteiger partial charge in [0, 0.05) is 57.3 Å². The first-order chi connectivity index (χ1) is 17.1. The molecule has 11 nitrogen and oxygen atoms in total. The number of piperidine rings is 1. The summed E-state index contributed by atoms with van der Waals surface area (Å²) in [6.07, 6.45) is 3.34. The van der Waals surface area contributed by atoms with Crippen molar-refractivity contribution < 1.29 is 19.3 Å². The van der Waals surface area contributed by atoms with E-state index in [1.807, 2.05) is 6.07 Å². The Morgan fingerprint density at radius 3 is 2.76 bits per heavy atom. The molecule has 0 saturated carbocycles. The number of rotatable bonds is 8. The summed E-state index contributed by atoms with van der Waals surface area (Å²) in [7, 11) is 1.55. The number of likely N-dealkylation sites (tertiary alicyclic amines) is 1. The molecule has 13 heteroatoms. The smallest absolute Gasteiger partial charge is 0.270 e. The average molecular weight is 555 g/mol. The summed E-state index contributed by atoms with van der Waals surface area (Å²) < 4.78 is 18.0. The van der Waals surface area contributed by atoms with Gasteiger partial charge < -0.3 is 29.5 Å². The molecule has 2 N–H and O–H groups in total. The lowest BCUT2D eigenvalue weighted by Gasteiger charge is -2.36. The minimum atomic E-state index is -0.373. The van der Waals surface area contributed by atoms with Crippen molar-refractivity contribution in [1.29, 1.82) is 0 Å². The van der Waals surface area contributed by atoms with Gasteiger partial charge in [-0.05, 0) is 12.5 Å². The number of aliphatic hydroxyl groups excluding tert-OH is 1. The van der Waals surface area contributed by atoms with Gasteiger partial charge in [-0.25, -0.2) is 4.98 Å². The monoisotopic (exact) mass is 554 g/mol. The van der Waals surface area contributed by atoms with E-state index in [-0.39, 0.29) is 42.4 Å². The van der Waals surface area contributed by atoms with Crippen molar-refractivity contribution in [3.63, 3.8) is 0 Å². The van der Waals surface area contributed by atoms with Crippen LogP contribution in [0.4, 0.5) is 0 Å². The Kier molecular flexibility index (Phi) is 10.3. The molecule has 0 aromatic carbocycles. The first kappa shape index (κ1) is 28.9. The molecule has 2 aliphatic rings. The van der Waals surface area contributed by atoms with Crippen molar-refractivity contribution in [3.8, 4) is 17.4 Å². The Labute approximate surface area is 227 Å². The maximum absolute atomic E-state index is 12.5. The fourth-order valence-corrected chi connectivity index (χ4v) is 4.56. The van der Waals surface area contributed by atoms with Crippen LogP contribution in [0, 0.1) is 5.92 Å². The van der Waals surface area contributed by atoms with E-state index in [0.717, 1.165) is 24.5 Å². The van der Waals surface area contributed by atoms with Gasteiger partial charge in [0.1, 0.15) is 18.7 Å². The predicted molar refractivity (Wildman–Crippen MR) is 142 cm³/mol. The number of pyridine rings is 2. The molecule has 0 unspecified atom stereocenters. The van der Waals surface area contributed by atoms with Crippen molar-refractivity contribution in [2.24, 2.45) is 5.92 Å². The second kappa shape index (κ2) is 13.2. The van der Waals surface area contributed by atoms with Crippen molar-refractivity contribution in [1.82, 2.24) is 29.7 Å². The average Bonchev–Trinajstić information content (AvgIpc) is 2.89. The van der Waals surface area contributed by atoms with E-state index in [1.165, 1.54) is 6.20 Å². The topological polar surface area (TPSA) is 124 Å². The van der Waals surface area contributed by atoms with Gasteiger partial charge in [-0.2, -0.15) is 4.98 Å². The summed E-state index contributed by atoms with van der Waals surface area (Å²) in [6.45, 7) is 4.97. The van der Waals surface area contributed by atoms with Crippen molar-refractivity contribution >= 4 is 36.0 Å². The van der Waals surface area contributed by atoms with Gasteiger partial charge in [0.25, 0.3) is 5.56 Å². The van der Waals surface area contributed by atoms with Crippen molar-refractivity contribution in [3.05, 3.63) is 46.6 Å². The van der Waals surface area contributed by atoms with Crippen LogP contribution >= 0.6 is 24.8 Å². The fourth-order valence-electron chi connectivity index (χ4n) is 4.56. The van der Waals surface area contributed by atoms with Crippen LogP contribution in [0.3, 0.4) is 0 Å². The van der Waals surface area contributed by atoms with Crippen molar-refractivity contribution in [2.75, 3.05) is 46.5 Å². The molecular weight excluding hydrogens is 523 g/mol. The van der Waals surface area contributed by atoms with E-state index in [0.29, 0.717) is 68.6 Å². The number of aliphatic hydroxyl groups is 1. The van der Waals surface area contributed by atoms with Crippen LogP contribution in [0.15, 0.2) is 35.4 Å². The third-order valence-corrected chi connectivity index (χ3v) is 6.49. The fraction of sp³-hybridized carbons (Fsp3) is 0.500. The maximum atomic E-state index is 12.5. The van der Waals surface area contributed by atoms with Crippen LogP contribution < -0.4 is 25.1 Å². The number of nitrogens with one attached hydrogen (secondary N) is 1. The minimum absolute atomic E-state index is 0. The van der Waals surface area contributed by atoms with Crippen molar-refractivity contribution in [2.45, 2.75) is 25.6 Å². The summed E-state index contributed by atoms with van der Waals surface area (Å²) >= 11 is 0. The molecule has 3 aromatic rings. The first-order valence-electron chi connectivity index (χ1n) is 11.9. The lowest BCUT2D eigenvalue weighted by atomic mass is 9.94. The minimum Gasteiger partial charge on any atom is -0.486 e. The van der Waals surface area contributed by atoms with Crippen LogP contribution in [0.1, 0.15) is 12.1 Å². The summed E-state index contributed by atoms with van der Waals surface area (Å²) in [5.41, 5.74) is 1.83. The van der Waals surface area contributed by atoms with Gasteiger partial charge in [0.05, 0.1) is 31.3 Å². The number of methoxy groups -OCH3 is 1. The molecule has 0 bridgehead atoms. The highest BCUT2D eigenvalue weighted by atomic mass is 35.5. The normalized spacial score (nSPS) is 19.1. The molecule has 202 valence electrons. The van der Waals surface area contributed by atoms with Gasteiger partial charge >= 0.3 is 0 Å². The molecule has 0 spiro atoms. The molecule has 0 amide bonds. The number of fused-ring (bicyclic) bond motifs is 2. The molecule has 2 atom stereocenters. The molecule has 1 saturated heterocycles. The van der Waals surface area contributed by atoms with Gasteiger partial charge in [-0.3, -0.25) is 14.3 Å². The third-order valence-electron chi connectivity index (χ3n) is 6.49. The lowest BCUT2D eigenvalue weighted by Crippen LogP contribution is -2.48. The molecular formula is C24H32Cl2N6O5.